The molecule has 0 saturated carbocycles. The van der Waals surface area contributed by atoms with Crippen molar-refractivity contribution < 1.29 is 13.2 Å². The second-order valence-corrected chi connectivity index (χ2v) is 10.6. The van der Waals surface area contributed by atoms with Crippen molar-refractivity contribution in [2.24, 2.45) is 0 Å². The second kappa shape index (κ2) is 9.48. The molecule has 0 radical (unpaired) electrons. The molecule has 0 unspecified atom stereocenters. The van der Waals surface area contributed by atoms with Gasteiger partial charge < -0.3 is 5.32 Å². The monoisotopic (exact) mass is 486 g/mol. The van der Waals surface area contributed by atoms with E-state index in [1.807, 2.05) is 67.6 Å². The van der Waals surface area contributed by atoms with Crippen molar-refractivity contribution in [1.29, 1.82) is 0 Å². The number of sulfonamides is 1. The number of rotatable bonds is 6. The average molecular weight is 487 g/mol. The lowest BCUT2D eigenvalue weighted by Gasteiger charge is -2.28. The second-order valence-electron chi connectivity index (χ2n) is 8.65. The van der Waals surface area contributed by atoms with Crippen LogP contribution in [-0.2, 0) is 29.5 Å². The van der Waals surface area contributed by atoms with Crippen molar-refractivity contribution in [2.45, 2.75) is 31.3 Å². The van der Waals surface area contributed by atoms with Crippen LogP contribution in [0.5, 0.6) is 0 Å². The van der Waals surface area contributed by atoms with Crippen LogP contribution in [0.25, 0.3) is 0 Å². The molecule has 178 valence electrons. The van der Waals surface area contributed by atoms with Crippen LogP contribution in [0, 0.1) is 6.92 Å². The molecule has 0 aliphatic carbocycles. The molecule has 0 bridgehead atoms. The number of carbonyl (C=O) groups is 1. The van der Waals surface area contributed by atoms with E-state index in [2.05, 4.69) is 10.4 Å². The summed E-state index contributed by atoms with van der Waals surface area (Å²) in [5.41, 5.74) is 4.45. The molecule has 0 spiro atoms. The molecule has 1 aliphatic rings. The Morgan fingerprint density at radius 1 is 0.943 bits per heavy atom. The zero-order chi connectivity index (χ0) is 24.4. The fraction of sp³-hybridized carbons (Fsp3) is 0.185. The third-order valence-electron chi connectivity index (χ3n) is 6.17. The van der Waals surface area contributed by atoms with Crippen LogP contribution in [0.15, 0.2) is 89.8 Å². The Bertz CT molecular complexity index is 1460. The van der Waals surface area contributed by atoms with E-state index in [-0.39, 0.29) is 10.8 Å². The van der Waals surface area contributed by atoms with Gasteiger partial charge in [-0.1, -0.05) is 54.6 Å². The molecule has 8 heteroatoms. The lowest BCUT2D eigenvalue weighted by Crippen LogP contribution is -2.35. The van der Waals surface area contributed by atoms with Gasteiger partial charge in [-0.2, -0.15) is 9.40 Å². The Balaban J connectivity index is 1.30. The van der Waals surface area contributed by atoms with E-state index < -0.39 is 10.0 Å². The minimum Gasteiger partial charge on any atom is -0.307 e. The highest BCUT2D eigenvalue weighted by molar-refractivity contribution is 7.89. The van der Waals surface area contributed by atoms with Crippen molar-refractivity contribution in [3.8, 4) is 0 Å². The minimum atomic E-state index is -3.66. The van der Waals surface area contributed by atoms with Gasteiger partial charge in [0.1, 0.15) is 5.82 Å². The van der Waals surface area contributed by atoms with Crippen molar-refractivity contribution in [3.05, 3.63) is 113 Å². The van der Waals surface area contributed by atoms with Gasteiger partial charge in [-0.15, -0.1) is 0 Å². The maximum atomic E-state index is 13.2. The molecule has 3 aromatic carbocycles. The summed E-state index contributed by atoms with van der Waals surface area (Å²) in [6.45, 7) is 3.19. The number of aromatic nitrogens is 2. The highest BCUT2D eigenvalue weighted by Gasteiger charge is 2.28. The van der Waals surface area contributed by atoms with Crippen molar-refractivity contribution in [1.82, 2.24) is 14.1 Å². The van der Waals surface area contributed by atoms with E-state index in [1.54, 1.807) is 16.8 Å². The number of carbonyl (C=O) groups excluding carboxylic acids is 1. The van der Waals surface area contributed by atoms with Crippen LogP contribution < -0.4 is 5.32 Å². The summed E-state index contributed by atoms with van der Waals surface area (Å²) in [6.07, 6.45) is 0.686. The van der Waals surface area contributed by atoms with Gasteiger partial charge in [0.2, 0.25) is 10.0 Å². The first-order chi connectivity index (χ1) is 16.9. The Kier molecular flexibility index (Phi) is 6.23. The maximum absolute atomic E-state index is 13.2. The van der Waals surface area contributed by atoms with E-state index in [9.17, 15) is 13.2 Å². The highest BCUT2D eigenvalue weighted by Crippen LogP contribution is 2.25. The fourth-order valence-corrected chi connectivity index (χ4v) is 5.73. The Labute approximate surface area is 205 Å². The molecule has 1 N–H and O–H groups in total. The lowest BCUT2D eigenvalue weighted by atomic mass is 10.0. The quantitative estimate of drug-likeness (QED) is 0.442. The summed E-state index contributed by atoms with van der Waals surface area (Å²) in [4.78, 5) is 13.1. The van der Waals surface area contributed by atoms with E-state index in [1.165, 1.54) is 22.0 Å². The first kappa shape index (κ1) is 23.0. The number of hydrogen-bond acceptors (Lipinski definition) is 4. The van der Waals surface area contributed by atoms with Crippen molar-refractivity contribution >= 4 is 21.7 Å². The first-order valence-electron chi connectivity index (χ1n) is 11.5. The minimum absolute atomic E-state index is 0.179. The summed E-state index contributed by atoms with van der Waals surface area (Å²) >= 11 is 0. The fourth-order valence-electron chi connectivity index (χ4n) is 4.31. The van der Waals surface area contributed by atoms with Crippen molar-refractivity contribution in [3.63, 3.8) is 0 Å². The molecule has 0 atom stereocenters. The van der Waals surface area contributed by atoms with Crippen LogP contribution in [0.1, 0.15) is 32.7 Å². The third-order valence-corrected chi connectivity index (χ3v) is 8.03. The molecule has 0 saturated heterocycles. The van der Waals surface area contributed by atoms with Gasteiger partial charge in [-0.25, -0.2) is 13.1 Å². The predicted octanol–water partition coefficient (Wildman–Crippen LogP) is 4.24. The first-order valence-corrected chi connectivity index (χ1v) is 12.9. The largest absolute Gasteiger partial charge is 0.307 e. The normalized spacial score (nSPS) is 13.9. The highest BCUT2D eigenvalue weighted by atomic mass is 32.2. The van der Waals surface area contributed by atoms with Gasteiger partial charge in [0.15, 0.2) is 0 Å². The topological polar surface area (TPSA) is 84.3 Å². The van der Waals surface area contributed by atoms with E-state index in [4.69, 9.17) is 0 Å². The SMILES string of the molecule is Cc1cc(NC(=O)c2ccc(S(=O)(=O)N3CCc4ccccc4C3)cc2)n(Cc2ccccc2)n1. The van der Waals surface area contributed by atoms with Gasteiger partial charge in [-0.05, 0) is 54.3 Å². The van der Waals surface area contributed by atoms with Crippen LogP contribution in [0.2, 0.25) is 0 Å². The van der Waals surface area contributed by atoms with Crippen molar-refractivity contribution in [2.75, 3.05) is 11.9 Å². The van der Waals surface area contributed by atoms with Gasteiger partial charge >= 0.3 is 0 Å². The van der Waals surface area contributed by atoms with Gasteiger partial charge in [0, 0.05) is 24.7 Å². The molecule has 5 rings (SSSR count). The smallest absolute Gasteiger partial charge is 0.256 e. The summed E-state index contributed by atoms with van der Waals surface area (Å²) in [5.74, 6) is 0.259. The predicted molar refractivity (Wildman–Crippen MR) is 135 cm³/mol. The number of amides is 1. The van der Waals surface area contributed by atoms with Crippen LogP contribution in [-0.4, -0.2) is 35.0 Å². The molecule has 0 fully saturated rings. The maximum Gasteiger partial charge on any atom is 0.256 e. The zero-order valence-electron chi connectivity index (χ0n) is 19.4. The number of anilines is 1. The number of hydrogen-bond donors (Lipinski definition) is 1. The molecular formula is C27H26N4O3S. The van der Waals surface area contributed by atoms with E-state index in [0.717, 1.165) is 16.8 Å². The lowest BCUT2D eigenvalue weighted by molar-refractivity contribution is 0.102. The van der Waals surface area contributed by atoms with Crippen LogP contribution in [0.4, 0.5) is 5.82 Å². The molecule has 1 aromatic heterocycles. The van der Waals surface area contributed by atoms with E-state index in [0.29, 0.717) is 37.4 Å². The summed E-state index contributed by atoms with van der Waals surface area (Å²) in [6, 6.07) is 25.7. The molecule has 4 aromatic rings. The number of nitrogens with zero attached hydrogens (tertiary/aromatic N) is 3. The number of fused-ring (bicyclic) bond motifs is 1. The number of aryl methyl sites for hydroxylation is 1. The van der Waals surface area contributed by atoms with Crippen LogP contribution in [0.3, 0.4) is 0 Å². The molecule has 1 aliphatic heterocycles. The number of nitrogens with one attached hydrogen (secondary N) is 1. The Morgan fingerprint density at radius 2 is 1.63 bits per heavy atom. The Hall–Kier alpha value is -3.75. The summed E-state index contributed by atoms with van der Waals surface area (Å²) < 4.78 is 29.6. The molecule has 7 nitrogen and oxygen atoms in total. The summed E-state index contributed by atoms with van der Waals surface area (Å²) in [5, 5.41) is 7.39. The van der Waals surface area contributed by atoms with Crippen LogP contribution >= 0.6 is 0 Å². The standard InChI is InChI=1S/C27H26N4O3S/c1-20-17-26(31(29-20)18-21-7-3-2-4-8-21)28-27(32)23-11-13-25(14-12-23)35(33,34)30-16-15-22-9-5-6-10-24(22)19-30/h2-14,17H,15-16,18-19H2,1H3,(H,28,32). The summed E-state index contributed by atoms with van der Waals surface area (Å²) in [7, 11) is -3.66. The third kappa shape index (κ3) is 4.89. The molecule has 2 heterocycles. The average Bonchev–Trinajstić information content (AvgIpc) is 3.22. The molecular weight excluding hydrogens is 460 g/mol. The Morgan fingerprint density at radius 3 is 2.37 bits per heavy atom. The zero-order valence-corrected chi connectivity index (χ0v) is 20.2. The van der Waals surface area contributed by atoms with Gasteiger partial charge in [0.05, 0.1) is 17.1 Å². The van der Waals surface area contributed by atoms with E-state index >= 15 is 0 Å². The molecule has 35 heavy (non-hydrogen) atoms. The van der Waals surface area contributed by atoms with Gasteiger partial charge in [0.25, 0.3) is 5.91 Å². The molecule has 1 amide bonds. The number of benzene rings is 3. The van der Waals surface area contributed by atoms with Gasteiger partial charge in [-0.3, -0.25) is 4.79 Å².